The van der Waals surface area contributed by atoms with Gasteiger partial charge in [-0.05, 0) is 19.1 Å². The van der Waals surface area contributed by atoms with Gasteiger partial charge in [0, 0.05) is 17.8 Å². The molecular weight excluding hydrogens is 230 g/mol. The molecule has 0 spiro atoms. The van der Waals surface area contributed by atoms with Crippen LogP contribution in [0.4, 0.5) is 0 Å². The minimum Gasteiger partial charge on any atom is -0.496 e. The van der Waals surface area contributed by atoms with Gasteiger partial charge >= 0.3 is 0 Å². The van der Waals surface area contributed by atoms with E-state index in [0.717, 1.165) is 11.3 Å². The van der Waals surface area contributed by atoms with Crippen molar-refractivity contribution in [2.45, 2.75) is 13.5 Å². The van der Waals surface area contributed by atoms with Gasteiger partial charge in [0.2, 0.25) is 0 Å². The van der Waals surface area contributed by atoms with Crippen LogP contribution in [0, 0.1) is 6.92 Å². The number of hydrogen-bond acceptors (Lipinski definition) is 3. The van der Waals surface area contributed by atoms with Crippen LogP contribution < -0.4 is 10.1 Å². The quantitative estimate of drug-likeness (QED) is 0.860. The van der Waals surface area contributed by atoms with Crippen LogP contribution >= 0.6 is 0 Å². The molecule has 5 heteroatoms. The second-order valence-corrected chi connectivity index (χ2v) is 3.90. The van der Waals surface area contributed by atoms with Crippen molar-refractivity contribution in [1.82, 2.24) is 15.5 Å². The number of methoxy groups -OCH3 is 1. The second kappa shape index (κ2) is 5.35. The van der Waals surface area contributed by atoms with Crippen molar-refractivity contribution in [2.24, 2.45) is 0 Å². The van der Waals surface area contributed by atoms with Gasteiger partial charge in [0.15, 0.2) is 0 Å². The average Bonchev–Trinajstić information content (AvgIpc) is 2.81. The highest BCUT2D eigenvalue weighted by Gasteiger charge is 2.11. The molecule has 18 heavy (non-hydrogen) atoms. The Morgan fingerprint density at radius 1 is 1.44 bits per heavy atom. The zero-order chi connectivity index (χ0) is 13.0. The lowest BCUT2D eigenvalue weighted by atomic mass is 10.2. The normalized spacial score (nSPS) is 10.1. The lowest BCUT2D eigenvalue weighted by Gasteiger charge is -2.08. The van der Waals surface area contributed by atoms with Crippen molar-refractivity contribution < 1.29 is 9.53 Å². The van der Waals surface area contributed by atoms with Crippen molar-refractivity contribution >= 4 is 5.91 Å². The van der Waals surface area contributed by atoms with E-state index < -0.39 is 0 Å². The van der Waals surface area contributed by atoms with Crippen LogP contribution in [0.25, 0.3) is 0 Å². The molecule has 2 aromatic rings. The number of nitrogens with one attached hydrogen (secondary N) is 2. The first-order valence-electron chi connectivity index (χ1n) is 5.62. The maximum Gasteiger partial charge on any atom is 0.255 e. The largest absolute Gasteiger partial charge is 0.496 e. The van der Waals surface area contributed by atoms with E-state index in [-0.39, 0.29) is 5.91 Å². The molecule has 0 bridgehead atoms. The fourth-order valence-electron chi connectivity index (χ4n) is 1.66. The zero-order valence-electron chi connectivity index (χ0n) is 10.4. The number of benzene rings is 1. The third-order valence-corrected chi connectivity index (χ3v) is 2.73. The van der Waals surface area contributed by atoms with Gasteiger partial charge in [-0.25, -0.2) is 0 Å². The maximum absolute atomic E-state index is 12.0. The predicted octanol–water partition coefficient (Wildman–Crippen LogP) is 1.66. The SMILES string of the molecule is COc1ccccc1C(=O)NCc1cn[nH]c1C. The highest BCUT2D eigenvalue weighted by Crippen LogP contribution is 2.17. The standard InChI is InChI=1S/C13H15N3O2/c1-9-10(8-15-16-9)7-14-13(17)11-5-3-4-6-12(11)18-2/h3-6,8H,7H2,1-2H3,(H,14,17)(H,15,16). The number of aromatic nitrogens is 2. The van der Waals surface area contributed by atoms with Crippen molar-refractivity contribution in [3.05, 3.63) is 47.3 Å². The molecule has 0 radical (unpaired) electrons. The van der Waals surface area contributed by atoms with Crippen molar-refractivity contribution in [2.75, 3.05) is 7.11 Å². The van der Waals surface area contributed by atoms with E-state index in [4.69, 9.17) is 4.74 Å². The van der Waals surface area contributed by atoms with Crippen LogP contribution in [0.3, 0.4) is 0 Å². The Morgan fingerprint density at radius 3 is 2.89 bits per heavy atom. The molecule has 2 rings (SSSR count). The van der Waals surface area contributed by atoms with E-state index in [1.54, 1.807) is 31.5 Å². The summed E-state index contributed by atoms with van der Waals surface area (Å²) in [6, 6.07) is 7.13. The summed E-state index contributed by atoms with van der Waals surface area (Å²) < 4.78 is 5.15. The molecule has 0 saturated carbocycles. The first-order chi connectivity index (χ1) is 8.72. The maximum atomic E-state index is 12.0. The fourth-order valence-corrected chi connectivity index (χ4v) is 1.66. The molecule has 0 aliphatic carbocycles. The smallest absolute Gasteiger partial charge is 0.255 e. The molecule has 1 aromatic heterocycles. The molecule has 0 saturated heterocycles. The summed E-state index contributed by atoms with van der Waals surface area (Å²) in [7, 11) is 1.55. The lowest BCUT2D eigenvalue weighted by molar-refractivity contribution is 0.0948. The number of H-pyrrole nitrogens is 1. The third-order valence-electron chi connectivity index (χ3n) is 2.73. The highest BCUT2D eigenvalue weighted by atomic mass is 16.5. The van der Waals surface area contributed by atoms with Crippen LogP contribution in [-0.2, 0) is 6.54 Å². The first kappa shape index (κ1) is 12.2. The summed E-state index contributed by atoms with van der Waals surface area (Å²) in [6.07, 6.45) is 1.71. The molecule has 1 amide bonds. The van der Waals surface area contributed by atoms with Crippen molar-refractivity contribution in [3.8, 4) is 5.75 Å². The Bertz CT molecular complexity index is 549. The number of amides is 1. The monoisotopic (exact) mass is 245 g/mol. The van der Waals surface area contributed by atoms with E-state index in [1.807, 2.05) is 13.0 Å². The topological polar surface area (TPSA) is 67.0 Å². The molecule has 0 unspecified atom stereocenters. The number of ether oxygens (including phenoxy) is 1. The van der Waals surface area contributed by atoms with Gasteiger partial charge in [0.1, 0.15) is 5.75 Å². The van der Waals surface area contributed by atoms with Crippen LogP contribution in [0.5, 0.6) is 5.75 Å². The van der Waals surface area contributed by atoms with Gasteiger partial charge in [-0.3, -0.25) is 9.89 Å². The van der Waals surface area contributed by atoms with Crippen LogP contribution in [0.15, 0.2) is 30.5 Å². The fraction of sp³-hybridized carbons (Fsp3) is 0.231. The van der Waals surface area contributed by atoms with E-state index in [0.29, 0.717) is 17.9 Å². The molecule has 5 nitrogen and oxygen atoms in total. The van der Waals surface area contributed by atoms with E-state index >= 15 is 0 Å². The van der Waals surface area contributed by atoms with Gasteiger partial charge in [0.05, 0.1) is 18.9 Å². The van der Waals surface area contributed by atoms with Crippen molar-refractivity contribution in [3.63, 3.8) is 0 Å². The van der Waals surface area contributed by atoms with Gasteiger partial charge in [-0.15, -0.1) is 0 Å². The summed E-state index contributed by atoms with van der Waals surface area (Å²) in [5.41, 5.74) is 2.45. The lowest BCUT2D eigenvalue weighted by Crippen LogP contribution is -2.23. The summed E-state index contributed by atoms with van der Waals surface area (Å²) in [5, 5.41) is 9.57. The number of rotatable bonds is 4. The number of carbonyl (C=O) groups is 1. The molecular formula is C13H15N3O2. The number of carbonyl (C=O) groups excluding carboxylic acids is 1. The van der Waals surface area contributed by atoms with E-state index in [2.05, 4.69) is 15.5 Å². The first-order valence-corrected chi connectivity index (χ1v) is 5.62. The molecule has 0 aliphatic rings. The van der Waals surface area contributed by atoms with E-state index in [1.165, 1.54) is 0 Å². The Morgan fingerprint density at radius 2 is 2.22 bits per heavy atom. The Hall–Kier alpha value is -2.30. The predicted molar refractivity (Wildman–Crippen MR) is 67.5 cm³/mol. The third kappa shape index (κ3) is 2.51. The number of aromatic amines is 1. The van der Waals surface area contributed by atoms with E-state index in [9.17, 15) is 4.79 Å². The molecule has 1 aromatic carbocycles. The van der Waals surface area contributed by atoms with Crippen LogP contribution in [-0.4, -0.2) is 23.2 Å². The van der Waals surface area contributed by atoms with Gasteiger partial charge in [0.25, 0.3) is 5.91 Å². The minimum atomic E-state index is -0.159. The summed E-state index contributed by atoms with van der Waals surface area (Å²) >= 11 is 0. The Labute approximate surface area is 105 Å². The highest BCUT2D eigenvalue weighted by molar-refractivity contribution is 5.96. The van der Waals surface area contributed by atoms with Crippen LogP contribution in [0.2, 0.25) is 0 Å². The molecule has 0 atom stereocenters. The summed E-state index contributed by atoms with van der Waals surface area (Å²) in [5.74, 6) is 0.409. The minimum absolute atomic E-state index is 0.159. The van der Waals surface area contributed by atoms with Gasteiger partial charge in [-0.1, -0.05) is 12.1 Å². The second-order valence-electron chi connectivity index (χ2n) is 3.90. The Balaban J connectivity index is 2.06. The summed E-state index contributed by atoms with van der Waals surface area (Å²) in [6.45, 7) is 2.36. The van der Waals surface area contributed by atoms with Crippen molar-refractivity contribution in [1.29, 1.82) is 0 Å². The number of nitrogens with zero attached hydrogens (tertiary/aromatic N) is 1. The number of para-hydroxylation sites is 1. The molecule has 94 valence electrons. The molecule has 0 fully saturated rings. The molecule has 0 aliphatic heterocycles. The zero-order valence-corrected chi connectivity index (χ0v) is 10.4. The number of aryl methyl sites for hydroxylation is 1. The van der Waals surface area contributed by atoms with Gasteiger partial charge in [-0.2, -0.15) is 5.10 Å². The molecule has 1 heterocycles. The summed E-state index contributed by atoms with van der Waals surface area (Å²) in [4.78, 5) is 12.0. The Kier molecular flexibility index (Phi) is 3.62. The van der Waals surface area contributed by atoms with Gasteiger partial charge < -0.3 is 10.1 Å². The molecule has 2 N–H and O–H groups in total. The van der Waals surface area contributed by atoms with Crippen LogP contribution in [0.1, 0.15) is 21.6 Å². The number of hydrogen-bond donors (Lipinski definition) is 2. The average molecular weight is 245 g/mol.